The van der Waals surface area contributed by atoms with Crippen LogP contribution in [0.25, 0.3) is 22.3 Å². The Morgan fingerprint density at radius 1 is 1.45 bits per heavy atom. The quantitative estimate of drug-likeness (QED) is 0.571. The van der Waals surface area contributed by atoms with Gasteiger partial charge in [0.05, 0.1) is 17.8 Å². The largest absolute Gasteiger partial charge is 0.379 e. The number of piperidine rings is 1. The number of nitrogens with one attached hydrogen (secondary N) is 2. The Morgan fingerprint density at radius 2 is 2.26 bits per heavy atom. The van der Waals surface area contributed by atoms with Gasteiger partial charge in [-0.2, -0.15) is 4.37 Å². The maximum absolute atomic E-state index is 12.4. The molecule has 0 aliphatic carbocycles. The van der Waals surface area contributed by atoms with E-state index in [9.17, 15) is 13.2 Å². The second-order valence-electron chi connectivity index (χ2n) is 7.95. The first kappa shape index (κ1) is 21.3. The molecule has 0 aromatic carbocycles. The van der Waals surface area contributed by atoms with E-state index in [1.165, 1.54) is 6.26 Å². The highest BCUT2D eigenvalue weighted by molar-refractivity contribution is 7.92. The van der Waals surface area contributed by atoms with E-state index < -0.39 is 9.84 Å². The summed E-state index contributed by atoms with van der Waals surface area (Å²) in [6, 6.07) is 3.51. The predicted molar refractivity (Wildman–Crippen MR) is 122 cm³/mol. The number of fused-ring (bicyclic) bond motifs is 1. The second kappa shape index (κ2) is 8.32. The van der Waals surface area contributed by atoms with Crippen molar-refractivity contribution in [2.75, 3.05) is 24.7 Å². The number of pyridine rings is 1. The van der Waals surface area contributed by atoms with Crippen molar-refractivity contribution in [3.8, 4) is 23.6 Å². The van der Waals surface area contributed by atoms with Gasteiger partial charge in [-0.3, -0.25) is 4.79 Å². The van der Waals surface area contributed by atoms with Crippen LogP contribution in [0.5, 0.6) is 0 Å². The fourth-order valence-electron chi connectivity index (χ4n) is 3.98. The number of carbonyl (C=O) groups is 1. The van der Waals surface area contributed by atoms with Crippen LogP contribution in [0.4, 0.5) is 5.69 Å². The van der Waals surface area contributed by atoms with E-state index in [0.717, 1.165) is 34.6 Å². The third kappa shape index (κ3) is 4.43. The molecular formula is C21H23N5O3S2. The molecule has 2 atom stereocenters. The average molecular weight is 458 g/mol. The minimum Gasteiger partial charge on any atom is -0.379 e. The summed E-state index contributed by atoms with van der Waals surface area (Å²) in [5, 5.41) is 4.47. The van der Waals surface area contributed by atoms with Crippen LogP contribution < -0.4 is 5.32 Å². The van der Waals surface area contributed by atoms with Gasteiger partial charge < -0.3 is 15.2 Å². The summed E-state index contributed by atoms with van der Waals surface area (Å²) in [6.45, 7) is 3.34. The third-order valence-electron chi connectivity index (χ3n) is 5.33. The lowest BCUT2D eigenvalue weighted by Gasteiger charge is -2.37. The zero-order valence-electron chi connectivity index (χ0n) is 17.3. The molecule has 4 rings (SSSR count). The van der Waals surface area contributed by atoms with Gasteiger partial charge in [-0.25, -0.2) is 13.4 Å². The molecule has 3 aromatic heterocycles. The number of hydrogen-bond donors (Lipinski definition) is 2. The van der Waals surface area contributed by atoms with Gasteiger partial charge in [0, 0.05) is 48.7 Å². The van der Waals surface area contributed by atoms with Crippen molar-refractivity contribution in [1.82, 2.24) is 19.2 Å². The maximum atomic E-state index is 12.4. The number of likely N-dealkylation sites (tertiary alicyclic amines) is 1. The number of sulfone groups is 1. The SMILES string of the molecule is C#CCC(=O)N1C[C@@H](C)C[C@@H](Nc2c(-c3cc(S(C)(=O)=O)sn3)cnc3[nH]ccc23)C1. The molecule has 8 nitrogen and oxygen atoms in total. The number of anilines is 1. The Kier molecular flexibility index (Phi) is 5.73. The van der Waals surface area contributed by atoms with Crippen molar-refractivity contribution in [2.24, 2.45) is 5.92 Å². The van der Waals surface area contributed by atoms with Crippen LogP contribution in [0.1, 0.15) is 19.8 Å². The Hall–Kier alpha value is -2.90. The molecule has 0 spiro atoms. The van der Waals surface area contributed by atoms with E-state index in [4.69, 9.17) is 6.42 Å². The summed E-state index contributed by atoms with van der Waals surface area (Å²) in [4.78, 5) is 21.7. The molecule has 0 radical (unpaired) electrons. The predicted octanol–water partition coefficient (Wildman–Crippen LogP) is 2.76. The number of aromatic nitrogens is 3. The summed E-state index contributed by atoms with van der Waals surface area (Å²) >= 11 is 0.951. The Morgan fingerprint density at radius 3 is 2.97 bits per heavy atom. The fourth-order valence-corrected chi connectivity index (χ4v) is 5.46. The first-order valence-electron chi connectivity index (χ1n) is 9.87. The number of carbonyl (C=O) groups excluding carboxylic acids is 1. The fraction of sp³-hybridized carbons (Fsp3) is 0.381. The zero-order valence-corrected chi connectivity index (χ0v) is 18.9. The molecule has 0 unspecified atom stereocenters. The summed E-state index contributed by atoms with van der Waals surface area (Å²) in [5.41, 5.74) is 2.81. The first-order chi connectivity index (χ1) is 14.8. The lowest BCUT2D eigenvalue weighted by Crippen LogP contribution is -2.48. The van der Waals surface area contributed by atoms with E-state index in [1.807, 2.05) is 17.2 Å². The third-order valence-corrected chi connectivity index (χ3v) is 7.90. The molecule has 1 aliphatic rings. The molecular weight excluding hydrogens is 434 g/mol. The standard InChI is InChI=1S/C21H23N5O3S2/c1-4-5-18(27)26-11-13(2)8-14(12-26)24-20-15-6-7-22-21(15)23-10-16(20)17-9-19(30-25-17)31(3,28)29/h1,6-7,9-10,13-14H,5,8,11-12H2,2-3H3,(H2,22,23,24)/t13-,14+/m0/s1. The highest BCUT2D eigenvalue weighted by Crippen LogP contribution is 2.36. The number of amides is 1. The van der Waals surface area contributed by atoms with Gasteiger partial charge in [-0.15, -0.1) is 6.42 Å². The molecule has 0 bridgehead atoms. The van der Waals surface area contributed by atoms with Crippen LogP contribution in [0, 0.1) is 18.3 Å². The summed E-state index contributed by atoms with van der Waals surface area (Å²) in [5.74, 6) is 2.70. The number of terminal acetylenes is 1. The Bertz CT molecular complexity index is 1270. The van der Waals surface area contributed by atoms with Crippen molar-refractivity contribution in [1.29, 1.82) is 0 Å². The van der Waals surface area contributed by atoms with Gasteiger partial charge in [0.25, 0.3) is 0 Å². The number of nitrogens with zero attached hydrogens (tertiary/aromatic N) is 3. The van der Waals surface area contributed by atoms with E-state index >= 15 is 0 Å². The minimum absolute atomic E-state index is 0.0118. The minimum atomic E-state index is -3.34. The average Bonchev–Trinajstić information content (AvgIpc) is 3.37. The number of hydrogen-bond acceptors (Lipinski definition) is 7. The van der Waals surface area contributed by atoms with E-state index in [-0.39, 0.29) is 22.6 Å². The van der Waals surface area contributed by atoms with Gasteiger partial charge >= 0.3 is 0 Å². The second-order valence-corrected chi connectivity index (χ2v) is 11.0. The Labute approximate surface area is 185 Å². The Balaban J connectivity index is 1.70. The van der Waals surface area contributed by atoms with Crippen LogP contribution in [0.15, 0.2) is 28.7 Å². The lowest BCUT2D eigenvalue weighted by atomic mass is 9.95. The molecule has 31 heavy (non-hydrogen) atoms. The van der Waals surface area contributed by atoms with Crippen LogP contribution in [0.3, 0.4) is 0 Å². The molecule has 1 fully saturated rings. The van der Waals surface area contributed by atoms with Crippen molar-refractivity contribution >= 4 is 44.0 Å². The van der Waals surface area contributed by atoms with Gasteiger partial charge in [0.2, 0.25) is 5.91 Å². The highest BCUT2D eigenvalue weighted by atomic mass is 32.2. The van der Waals surface area contributed by atoms with Gasteiger partial charge in [0.1, 0.15) is 9.86 Å². The van der Waals surface area contributed by atoms with E-state index in [2.05, 4.69) is 32.5 Å². The molecule has 10 heteroatoms. The molecule has 0 saturated carbocycles. The maximum Gasteiger partial charge on any atom is 0.234 e. The normalized spacial score (nSPS) is 19.3. The summed E-state index contributed by atoms with van der Waals surface area (Å²) in [6.07, 6.45) is 11.0. The highest BCUT2D eigenvalue weighted by Gasteiger charge is 2.29. The van der Waals surface area contributed by atoms with Crippen LogP contribution in [-0.2, 0) is 14.6 Å². The van der Waals surface area contributed by atoms with Crippen LogP contribution in [-0.4, -0.2) is 59.0 Å². The van der Waals surface area contributed by atoms with Crippen molar-refractivity contribution in [3.63, 3.8) is 0 Å². The first-order valence-corrected chi connectivity index (χ1v) is 12.5. The number of aromatic amines is 1. The summed E-state index contributed by atoms with van der Waals surface area (Å²) < 4.78 is 28.4. The molecule has 1 saturated heterocycles. The molecule has 4 heterocycles. The van der Waals surface area contributed by atoms with E-state index in [1.54, 1.807) is 12.3 Å². The van der Waals surface area contributed by atoms with Crippen molar-refractivity contribution in [2.45, 2.75) is 30.0 Å². The zero-order chi connectivity index (χ0) is 22.2. The van der Waals surface area contributed by atoms with Gasteiger partial charge in [-0.05, 0) is 36.0 Å². The monoisotopic (exact) mass is 457 g/mol. The lowest BCUT2D eigenvalue weighted by molar-refractivity contribution is -0.131. The van der Waals surface area contributed by atoms with E-state index in [0.29, 0.717) is 30.3 Å². The van der Waals surface area contributed by atoms with Crippen LogP contribution >= 0.6 is 11.5 Å². The molecule has 1 aliphatic heterocycles. The molecule has 2 N–H and O–H groups in total. The topological polar surface area (TPSA) is 108 Å². The number of rotatable bonds is 5. The smallest absolute Gasteiger partial charge is 0.234 e. The molecule has 162 valence electrons. The van der Waals surface area contributed by atoms with Crippen molar-refractivity contribution in [3.05, 3.63) is 24.5 Å². The summed E-state index contributed by atoms with van der Waals surface area (Å²) in [7, 11) is -3.34. The van der Waals surface area contributed by atoms with Gasteiger partial charge in [-0.1, -0.05) is 12.8 Å². The number of H-pyrrole nitrogens is 1. The van der Waals surface area contributed by atoms with Gasteiger partial charge in [0.15, 0.2) is 9.84 Å². The van der Waals surface area contributed by atoms with Crippen LogP contribution in [0.2, 0.25) is 0 Å². The molecule has 1 amide bonds. The molecule has 3 aromatic rings. The van der Waals surface area contributed by atoms with Crippen molar-refractivity contribution < 1.29 is 13.2 Å².